The van der Waals surface area contributed by atoms with Gasteiger partial charge in [0.25, 0.3) is 0 Å². The molecule has 0 unspecified atom stereocenters. The molecule has 6 nitrogen and oxygen atoms in total. The number of hydrogen-bond acceptors (Lipinski definition) is 4. The molecular weight excluding hydrogens is 316 g/mol. The van der Waals surface area contributed by atoms with Gasteiger partial charge in [0.2, 0.25) is 0 Å². The number of aliphatic imine (C=N–C) groups is 1. The number of guanidine groups is 1. The van der Waals surface area contributed by atoms with Crippen LogP contribution in [0, 0.1) is 6.92 Å². The van der Waals surface area contributed by atoms with Crippen molar-refractivity contribution in [2.45, 2.75) is 39.7 Å². The SMILES string of the molecule is CN=C(NCCCOc1ccccc1C)NCc1cc(C(C)C)no1. The number of para-hydroxylation sites is 1. The van der Waals surface area contributed by atoms with E-state index in [9.17, 15) is 0 Å². The average Bonchev–Trinajstić information content (AvgIpc) is 3.08. The second-order valence-corrected chi connectivity index (χ2v) is 6.19. The molecule has 0 aliphatic carbocycles. The highest BCUT2D eigenvalue weighted by molar-refractivity contribution is 5.79. The van der Waals surface area contributed by atoms with Crippen molar-refractivity contribution < 1.29 is 9.26 Å². The van der Waals surface area contributed by atoms with Crippen LogP contribution in [0.1, 0.15) is 43.2 Å². The minimum atomic E-state index is 0.364. The minimum absolute atomic E-state index is 0.364. The van der Waals surface area contributed by atoms with Crippen LogP contribution in [0.2, 0.25) is 0 Å². The number of aryl methyl sites for hydroxylation is 1. The van der Waals surface area contributed by atoms with E-state index >= 15 is 0 Å². The Morgan fingerprint density at radius 3 is 2.76 bits per heavy atom. The van der Waals surface area contributed by atoms with Crippen molar-refractivity contribution in [1.29, 1.82) is 0 Å². The van der Waals surface area contributed by atoms with Crippen molar-refractivity contribution in [1.82, 2.24) is 15.8 Å². The molecule has 1 aromatic carbocycles. The first-order valence-corrected chi connectivity index (χ1v) is 8.68. The Labute approximate surface area is 149 Å². The summed E-state index contributed by atoms with van der Waals surface area (Å²) in [4.78, 5) is 4.21. The summed E-state index contributed by atoms with van der Waals surface area (Å²) in [6, 6.07) is 10.0. The monoisotopic (exact) mass is 344 g/mol. The molecular formula is C19H28N4O2. The minimum Gasteiger partial charge on any atom is -0.493 e. The van der Waals surface area contributed by atoms with Crippen LogP contribution < -0.4 is 15.4 Å². The largest absolute Gasteiger partial charge is 0.493 e. The fourth-order valence-electron chi connectivity index (χ4n) is 2.26. The van der Waals surface area contributed by atoms with Gasteiger partial charge in [0.15, 0.2) is 11.7 Å². The predicted molar refractivity (Wildman–Crippen MR) is 100 cm³/mol. The number of nitrogens with one attached hydrogen (secondary N) is 2. The predicted octanol–water partition coefficient (Wildman–Crippen LogP) is 3.24. The van der Waals surface area contributed by atoms with Gasteiger partial charge < -0.3 is 19.9 Å². The van der Waals surface area contributed by atoms with Gasteiger partial charge in [0.1, 0.15) is 5.75 Å². The third-order valence-electron chi connectivity index (χ3n) is 3.79. The summed E-state index contributed by atoms with van der Waals surface area (Å²) >= 11 is 0. The molecule has 25 heavy (non-hydrogen) atoms. The van der Waals surface area contributed by atoms with E-state index in [2.05, 4.69) is 34.6 Å². The second kappa shape index (κ2) is 9.71. The molecule has 0 aliphatic heterocycles. The van der Waals surface area contributed by atoms with Gasteiger partial charge in [-0.05, 0) is 30.9 Å². The second-order valence-electron chi connectivity index (χ2n) is 6.19. The Balaban J connectivity index is 1.65. The molecule has 6 heteroatoms. The lowest BCUT2D eigenvalue weighted by Gasteiger charge is -2.12. The Morgan fingerprint density at radius 2 is 2.08 bits per heavy atom. The van der Waals surface area contributed by atoms with E-state index in [1.165, 1.54) is 0 Å². The van der Waals surface area contributed by atoms with Crippen LogP contribution >= 0.6 is 0 Å². The fraction of sp³-hybridized carbons (Fsp3) is 0.474. The van der Waals surface area contributed by atoms with E-state index in [4.69, 9.17) is 9.26 Å². The quantitative estimate of drug-likeness (QED) is 0.437. The first-order chi connectivity index (χ1) is 12.1. The van der Waals surface area contributed by atoms with E-state index in [0.717, 1.165) is 41.7 Å². The van der Waals surface area contributed by atoms with Crippen molar-refractivity contribution in [2.24, 2.45) is 4.99 Å². The molecule has 2 aromatic rings. The third-order valence-corrected chi connectivity index (χ3v) is 3.79. The maximum Gasteiger partial charge on any atom is 0.191 e. The fourth-order valence-corrected chi connectivity index (χ4v) is 2.26. The number of rotatable bonds is 8. The molecule has 2 N–H and O–H groups in total. The van der Waals surface area contributed by atoms with Gasteiger partial charge in [0.05, 0.1) is 18.8 Å². The van der Waals surface area contributed by atoms with Gasteiger partial charge in [-0.3, -0.25) is 4.99 Å². The van der Waals surface area contributed by atoms with Gasteiger partial charge in [-0.15, -0.1) is 0 Å². The van der Waals surface area contributed by atoms with Crippen molar-refractivity contribution >= 4 is 5.96 Å². The maximum atomic E-state index is 5.78. The molecule has 0 saturated heterocycles. The van der Waals surface area contributed by atoms with Crippen molar-refractivity contribution in [3.05, 3.63) is 47.3 Å². The number of nitrogens with zero attached hydrogens (tertiary/aromatic N) is 2. The molecule has 0 bridgehead atoms. The van der Waals surface area contributed by atoms with E-state index in [1.807, 2.05) is 37.3 Å². The Hall–Kier alpha value is -2.50. The Bertz CT molecular complexity index is 680. The molecule has 0 saturated carbocycles. The van der Waals surface area contributed by atoms with Gasteiger partial charge in [0, 0.05) is 19.7 Å². The van der Waals surface area contributed by atoms with Crippen molar-refractivity contribution in [3.8, 4) is 5.75 Å². The van der Waals surface area contributed by atoms with E-state index in [0.29, 0.717) is 19.1 Å². The third kappa shape index (κ3) is 6.14. The molecule has 0 amide bonds. The summed E-state index contributed by atoms with van der Waals surface area (Å²) in [7, 11) is 1.75. The van der Waals surface area contributed by atoms with Crippen LogP contribution in [0.3, 0.4) is 0 Å². The average molecular weight is 344 g/mol. The molecule has 0 spiro atoms. The van der Waals surface area contributed by atoms with Gasteiger partial charge in [-0.1, -0.05) is 37.2 Å². The standard InChI is InChI=1S/C19H28N4O2/c1-14(2)17-12-16(25-23-17)13-22-19(20-4)21-10-7-11-24-18-9-6-5-8-15(18)3/h5-6,8-9,12,14H,7,10-11,13H2,1-4H3,(H2,20,21,22). The normalized spacial score (nSPS) is 11.6. The molecule has 2 rings (SSSR count). The lowest BCUT2D eigenvalue weighted by atomic mass is 10.1. The van der Waals surface area contributed by atoms with Crippen LogP contribution in [0.25, 0.3) is 0 Å². The lowest BCUT2D eigenvalue weighted by Crippen LogP contribution is -2.37. The molecule has 1 aromatic heterocycles. The Kier molecular flexibility index (Phi) is 7.32. The van der Waals surface area contributed by atoms with Crippen LogP contribution in [-0.2, 0) is 6.54 Å². The first kappa shape index (κ1) is 18.8. The maximum absolute atomic E-state index is 5.78. The topological polar surface area (TPSA) is 71.7 Å². The molecule has 1 heterocycles. The first-order valence-electron chi connectivity index (χ1n) is 8.68. The number of aromatic nitrogens is 1. The summed E-state index contributed by atoms with van der Waals surface area (Å²) in [5.41, 5.74) is 2.12. The van der Waals surface area contributed by atoms with Crippen LogP contribution in [0.15, 0.2) is 39.8 Å². The molecule has 136 valence electrons. The van der Waals surface area contributed by atoms with E-state index in [1.54, 1.807) is 7.05 Å². The summed E-state index contributed by atoms with van der Waals surface area (Å²) in [5, 5.41) is 10.5. The van der Waals surface area contributed by atoms with Crippen LogP contribution in [-0.4, -0.2) is 31.3 Å². The molecule has 0 radical (unpaired) electrons. The van der Waals surface area contributed by atoms with Gasteiger partial charge in [-0.2, -0.15) is 0 Å². The van der Waals surface area contributed by atoms with E-state index < -0.39 is 0 Å². The summed E-state index contributed by atoms with van der Waals surface area (Å²) in [6.45, 7) is 8.23. The summed E-state index contributed by atoms with van der Waals surface area (Å²) in [6.07, 6.45) is 0.884. The van der Waals surface area contributed by atoms with Gasteiger partial charge >= 0.3 is 0 Å². The smallest absolute Gasteiger partial charge is 0.191 e. The highest BCUT2D eigenvalue weighted by Crippen LogP contribution is 2.16. The Morgan fingerprint density at radius 1 is 1.28 bits per heavy atom. The van der Waals surface area contributed by atoms with Crippen LogP contribution in [0.5, 0.6) is 5.75 Å². The highest BCUT2D eigenvalue weighted by atomic mass is 16.5. The van der Waals surface area contributed by atoms with Crippen molar-refractivity contribution in [2.75, 3.05) is 20.2 Å². The van der Waals surface area contributed by atoms with E-state index in [-0.39, 0.29) is 0 Å². The summed E-state index contributed by atoms with van der Waals surface area (Å²) < 4.78 is 11.1. The number of ether oxygens (including phenoxy) is 1. The zero-order valence-corrected chi connectivity index (χ0v) is 15.5. The summed E-state index contributed by atoms with van der Waals surface area (Å²) in [5.74, 6) is 2.84. The highest BCUT2D eigenvalue weighted by Gasteiger charge is 2.08. The number of benzene rings is 1. The lowest BCUT2D eigenvalue weighted by molar-refractivity contribution is 0.309. The number of hydrogen-bond donors (Lipinski definition) is 2. The molecule has 0 aliphatic rings. The molecule has 0 atom stereocenters. The van der Waals surface area contributed by atoms with Crippen molar-refractivity contribution in [3.63, 3.8) is 0 Å². The van der Waals surface area contributed by atoms with Gasteiger partial charge in [-0.25, -0.2) is 0 Å². The zero-order valence-electron chi connectivity index (χ0n) is 15.5. The zero-order chi connectivity index (χ0) is 18.1. The van der Waals surface area contributed by atoms with Crippen LogP contribution in [0.4, 0.5) is 0 Å². The molecule has 0 fully saturated rings.